The van der Waals surface area contributed by atoms with Crippen molar-refractivity contribution in [3.8, 4) is 6.07 Å². The predicted molar refractivity (Wildman–Crippen MR) is 126 cm³/mol. The van der Waals surface area contributed by atoms with Crippen LogP contribution in [0.5, 0.6) is 0 Å². The molecule has 0 atom stereocenters. The molecule has 0 radical (unpaired) electrons. The first-order chi connectivity index (χ1) is 16.3. The molecule has 1 fully saturated rings. The number of pyridine rings is 1. The van der Waals surface area contributed by atoms with Gasteiger partial charge in [-0.3, -0.25) is 9.52 Å². The summed E-state index contributed by atoms with van der Waals surface area (Å²) in [5.41, 5.74) is 0.705. The van der Waals surface area contributed by atoms with E-state index in [1.165, 1.54) is 30.3 Å². The minimum atomic E-state index is -4.03. The number of hydrogen-bond donors (Lipinski definition) is 1. The Bertz CT molecular complexity index is 1370. The van der Waals surface area contributed by atoms with E-state index in [2.05, 4.69) is 15.8 Å². The molecule has 0 spiro atoms. The van der Waals surface area contributed by atoms with Crippen LogP contribution in [0, 0.1) is 17.1 Å². The van der Waals surface area contributed by atoms with Gasteiger partial charge in [-0.2, -0.15) is 5.26 Å². The van der Waals surface area contributed by atoms with Gasteiger partial charge in [0.15, 0.2) is 0 Å². The lowest BCUT2D eigenvalue weighted by atomic mass is 10.1. The lowest BCUT2D eigenvalue weighted by Gasteiger charge is -2.35. The number of piperazine rings is 1. The monoisotopic (exact) mass is 499 g/mol. The van der Waals surface area contributed by atoms with Gasteiger partial charge >= 0.3 is 0 Å². The molecule has 2 heterocycles. The number of carbonyl (C=O) groups excluding carboxylic acids is 1. The lowest BCUT2D eigenvalue weighted by Crippen LogP contribution is -2.49. The summed E-state index contributed by atoms with van der Waals surface area (Å²) in [6.07, 6.45) is 1.61. The second kappa shape index (κ2) is 9.67. The Morgan fingerprint density at radius 1 is 1.09 bits per heavy atom. The van der Waals surface area contributed by atoms with E-state index in [1.54, 1.807) is 23.2 Å². The highest BCUT2D eigenvalue weighted by Gasteiger charge is 2.27. The zero-order valence-electron chi connectivity index (χ0n) is 17.8. The minimum absolute atomic E-state index is 0.0626. The van der Waals surface area contributed by atoms with Gasteiger partial charge in [0.2, 0.25) is 0 Å². The number of benzene rings is 2. The van der Waals surface area contributed by atoms with Gasteiger partial charge in [0.1, 0.15) is 17.7 Å². The number of aromatic nitrogens is 1. The molecule has 0 aliphatic carbocycles. The van der Waals surface area contributed by atoms with E-state index in [4.69, 9.17) is 11.6 Å². The van der Waals surface area contributed by atoms with E-state index in [-0.39, 0.29) is 21.2 Å². The van der Waals surface area contributed by atoms with Crippen LogP contribution in [-0.2, 0) is 10.0 Å². The molecule has 1 aliphatic rings. The summed E-state index contributed by atoms with van der Waals surface area (Å²) in [4.78, 5) is 20.8. The van der Waals surface area contributed by atoms with E-state index >= 15 is 0 Å². The number of nitrogens with zero attached hydrogens (tertiary/aromatic N) is 4. The molecule has 11 heteroatoms. The molecule has 0 saturated carbocycles. The van der Waals surface area contributed by atoms with E-state index < -0.39 is 21.7 Å². The molecule has 3 aromatic rings. The van der Waals surface area contributed by atoms with Crippen LogP contribution in [0.25, 0.3) is 0 Å². The Balaban J connectivity index is 1.50. The Hall–Kier alpha value is -3.68. The van der Waals surface area contributed by atoms with E-state index in [0.29, 0.717) is 37.6 Å². The maximum absolute atomic E-state index is 13.2. The Morgan fingerprint density at radius 3 is 2.47 bits per heavy atom. The SMILES string of the molecule is N#Cc1cccnc1N1CCN(C(=O)c2cc(S(=O)(=O)Nc3ccc(F)cc3)ccc2Cl)CC1. The Kier molecular flexibility index (Phi) is 6.68. The summed E-state index contributed by atoms with van der Waals surface area (Å²) in [6, 6.07) is 14.3. The lowest BCUT2D eigenvalue weighted by molar-refractivity contribution is 0.0746. The smallest absolute Gasteiger partial charge is 0.261 e. The second-order valence-corrected chi connectivity index (χ2v) is 9.61. The average molecular weight is 500 g/mol. The molecule has 1 amide bonds. The molecule has 0 unspecified atom stereocenters. The molecule has 2 aromatic carbocycles. The number of amides is 1. The topological polar surface area (TPSA) is 106 Å². The van der Waals surface area contributed by atoms with Gasteiger partial charge in [-0.1, -0.05) is 11.6 Å². The van der Waals surface area contributed by atoms with Gasteiger partial charge < -0.3 is 9.80 Å². The van der Waals surface area contributed by atoms with Crippen molar-refractivity contribution in [2.75, 3.05) is 35.8 Å². The van der Waals surface area contributed by atoms with Crippen molar-refractivity contribution >= 4 is 39.0 Å². The van der Waals surface area contributed by atoms with E-state index in [9.17, 15) is 22.9 Å². The van der Waals surface area contributed by atoms with E-state index in [0.717, 1.165) is 12.1 Å². The molecule has 4 rings (SSSR count). The van der Waals surface area contributed by atoms with Crippen LogP contribution in [0.4, 0.5) is 15.9 Å². The molecule has 34 heavy (non-hydrogen) atoms. The van der Waals surface area contributed by atoms with Gasteiger partial charge in [-0.05, 0) is 54.6 Å². The molecule has 174 valence electrons. The first kappa shape index (κ1) is 23.5. The van der Waals surface area contributed by atoms with Crippen LogP contribution >= 0.6 is 11.6 Å². The zero-order chi connectivity index (χ0) is 24.3. The second-order valence-electron chi connectivity index (χ2n) is 7.52. The minimum Gasteiger partial charge on any atom is -0.352 e. The van der Waals surface area contributed by atoms with Crippen molar-refractivity contribution in [1.29, 1.82) is 5.26 Å². The van der Waals surface area contributed by atoms with Crippen molar-refractivity contribution in [3.63, 3.8) is 0 Å². The highest BCUT2D eigenvalue weighted by atomic mass is 35.5. The first-order valence-electron chi connectivity index (χ1n) is 10.3. The van der Waals surface area contributed by atoms with Crippen LogP contribution in [-0.4, -0.2) is 50.4 Å². The number of sulfonamides is 1. The number of halogens is 2. The van der Waals surface area contributed by atoms with Crippen molar-refractivity contribution < 1.29 is 17.6 Å². The van der Waals surface area contributed by atoms with Crippen molar-refractivity contribution in [1.82, 2.24) is 9.88 Å². The fourth-order valence-electron chi connectivity index (χ4n) is 3.60. The summed E-state index contributed by atoms with van der Waals surface area (Å²) in [5, 5.41) is 9.43. The number of rotatable bonds is 5. The van der Waals surface area contributed by atoms with Crippen molar-refractivity contribution in [3.05, 3.63) is 82.8 Å². The van der Waals surface area contributed by atoms with Gasteiger partial charge in [-0.15, -0.1) is 0 Å². The highest BCUT2D eigenvalue weighted by molar-refractivity contribution is 7.92. The molecule has 8 nitrogen and oxygen atoms in total. The highest BCUT2D eigenvalue weighted by Crippen LogP contribution is 2.25. The molecular formula is C23H19ClFN5O3S. The number of hydrogen-bond acceptors (Lipinski definition) is 6. The summed E-state index contributed by atoms with van der Waals surface area (Å²) in [6.45, 7) is 1.61. The van der Waals surface area contributed by atoms with Crippen molar-refractivity contribution in [2.24, 2.45) is 0 Å². The fourth-order valence-corrected chi connectivity index (χ4v) is 4.88. The summed E-state index contributed by atoms with van der Waals surface area (Å²) < 4.78 is 41.1. The molecule has 1 saturated heterocycles. The summed E-state index contributed by atoms with van der Waals surface area (Å²) in [7, 11) is -4.03. The molecule has 1 N–H and O–H groups in total. The molecular weight excluding hydrogens is 481 g/mol. The molecule has 1 aliphatic heterocycles. The normalized spacial score (nSPS) is 13.9. The third-order valence-electron chi connectivity index (χ3n) is 5.35. The maximum atomic E-state index is 13.2. The summed E-state index contributed by atoms with van der Waals surface area (Å²) in [5.74, 6) is -0.325. The first-order valence-corrected chi connectivity index (χ1v) is 12.1. The van der Waals surface area contributed by atoms with Crippen LogP contribution in [0.3, 0.4) is 0 Å². The van der Waals surface area contributed by atoms with Crippen LogP contribution in [0.1, 0.15) is 15.9 Å². The zero-order valence-corrected chi connectivity index (χ0v) is 19.4. The quantitative estimate of drug-likeness (QED) is 0.575. The van der Waals surface area contributed by atoms with Crippen LogP contribution in [0.2, 0.25) is 5.02 Å². The van der Waals surface area contributed by atoms with Gasteiger partial charge in [-0.25, -0.2) is 17.8 Å². The fraction of sp³-hybridized carbons (Fsp3) is 0.174. The van der Waals surface area contributed by atoms with E-state index in [1.807, 2.05) is 4.90 Å². The van der Waals surface area contributed by atoms with Gasteiger partial charge in [0.05, 0.1) is 21.0 Å². The number of nitriles is 1. The van der Waals surface area contributed by atoms with Crippen molar-refractivity contribution in [2.45, 2.75) is 4.90 Å². The standard InChI is InChI=1S/C23H19ClFN5O3S/c24-21-8-7-19(34(32,33)28-18-5-3-17(25)4-6-18)14-20(21)23(31)30-12-10-29(11-13-30)22-16(15-26)2-1-9-27-22/h1-9,14,28H,10-13H2. The van der Waals surface area contributed by atoms with Gasteiger partial charge in [0.25, 0.3) is 15.9 Å². The van der Waals surface area contributed by atoms with Crippen LogP contribution < -0.4 is 9.62 Å². The maximum Gasteiger partial charge on any atom is 0.261 e. The van der Waals surface area contributed by atoms with Crippen LogP contribution in [0.15, 0.2) is 65.7 Å². The Labute approximate surface area is 201 Å². The van der Waals surface area contributed by atoms with Gasteiger partial charge in [0, 0.05) is 38.1 Å². The third kappa shape index (κ3) is 4.95. The average Bonchev–Trinajstić information content (AvgIpc) is 2.85. The molecule has 1 aromatic heterocycles. The Morgan fingerprint density at radius 2 is 1.79 bits per heavy atom. The number of nitrogens with one attached hydrogen (secondary N) is 1. The largest absolute Gasteiger partial charge is 0.352 e. The predicted octanol–water partition coefficient (Wildman–Crippen LogP) is 3.51. The molecule has 0 bridgehead atoms. The third-order valence-corrected chi connectivity index (χ3v) is 7.06. The number of anilines is 2. The summed E-state index contributed by atoms with van der Waals surface area (Å²) >= 11 is 6.24. The number of carbonyl (C=O) groups is 1.